The van der Waals surface area contributed by atoms with Crippen LogP contribution in [0.3, 0.4) is 0 Å². The topological polar surface area (TPSA) is 97.4 Å². The molecule has 0 aliphatic rings. The SMILES string of the molecule is CCc1oc2ccccc2c1/C=C/C(=O)NCc1ccc(NC(N)=O)cc1. The Labute approximate surface area is 157 Å². The minimum absolute atomic E-state index is 0.193. The van der Waals surface area contributed by atoms with Crippen LogP contribution in [0, 0.1) is 0 Å². The second-order valence-electron chi connectivity index (χ2n) is 6.03. The third kappa shape index (κ3) is 4.55. The lowest BCUT2D eigenvalue weighted by Gasteiger charge is -2.05. The van der Waals surface area contributed by atoms with E-state index < -0.39 is 6.03 Å². The molecule has 27 heavy (non-hydrogen) atoms. The van der Waals surface area contributed by atoms with Crippen molar-refractivity contribution in [2.75, 3.05) is 5.32 Å². The number of nitrogens with one attached hydrogen (secondary N) is 2. The lowest BCUT2D eigenvalue weighted by atomic mass is 10.1. The van der Waals surface area contributed by atoms with Crippen molar-refractivity contribution in [3.05, 3.63) is 71.5 Å². The minimum Gasteiger partial charge on any atom is -0.460 e. The lowest BCUT2D eigenvalue weighted by molar-refractivity contribution is -0.116. The molecule has 3 amide bonds. The number of nitrogens with two attached hydrogens (primary N) is 1. The van der Waals surface area contributed by atoms with E-state index >= 15 is 0 Å². The van der Waals surface area contributed by atoms with E-state index in [2.05, 4.69) is 10.6 Å². The molecule has 1 aromatic heterocycles. The zero-order chi connectivity index (χ0) is 19.2. The minimum atomic E-state index is -0.612. The lowest BCUT2D eigenvalue weighted by Crippen LogP contribution is -2.20. The number of furan rings is 1. The van der Waals surface area contributed by atoms with Crippen molar-refractivity contribution in [2.45, 2.75) is 19.9 Å². The van der Waals surface area contributed by atoms with Gasteiger partial charge in [0.05, 0.1) is 0 Å². The van der Waals surface area contributed by atoms with Crippen LogP contribution in [0.15, 0.2) is 59.0 Å². The number of primary amides is 1. The van der Waals surface area contributed by atoms with Crippen LogP contribution in [0.1, 0.15) is 23.8 Å². The van der Waals surface area contributed by atoms with Gasteiger partial charge in [0.1, 0.15) is 11.3 Å². The van der Waals surface area contributed by atoms with Crippen molar-refractivity contribution in [1.82, 2.24) is 5.32 Å². The largest absolute Gasteiger partial charge is 0.460 e. The van der Waals surface area contributed by atoms with Gasteiger partial charge in [0.15, 0.2) is 0 Å². The van der Waals surface area contributed by atoms with Gasteiger partial charge in [0.2, 0.25) is 5.91 Å². The number of hydrogen-bond acceptors (Lipinski definition) is 3. The summed E-state index contributed by atoms with van der Waals surface area (Å²) in [6.45, 7) is 2.40. The highest BCUT2D eigenvalue weighted by Crippen LogP contribution is 2.27. The van der Waals surface area contributed by atoms with Crippen LogP contribution in [-0.2, 0) is 17.8 Å². The third-order valence-electron chi connectivity index (χ3n) is 4.12. The molecule has 0 aliphatic heterocycles. The van der Waals surface area contributed by atoms with Gasteiger partial charge < -0.3 is 20.8 Å². The number of aryl methyl sites for hydroxylation is 1. The zero-order valence-electron chi connectivity index (χ0n) is 15.0. The van der Waals surface area contributed by atoms with Gasteiger partial charge in [-0.3, -0.25) is 4.79 Å². The van der Waals surface area contributed by atoms with Crippen LogP contribution in [0.5, 0.6) is 0 Å². The molecular formula is C21H21N3O3. The Balaban J connectivity index is 1.63. The number of carbonyl (C=O) groups excluding carboxylic acids is 2. The molecule has 0 aliphatic carbocycles. The van der Waals surface area contributed by atoms with Crippen molar-refractivity contribution in [2.24, 2.45) is 5.73 Å². The van der Waals surface area contributed by atoms with E-state index in [1.54, 1.807) is 18.2 Å². The van der Waals surface area contributed by atoms with Gasteiger partial charge in [-0.25, -0.2) is 4.79 Å². The first kappa shape index (κ1) is 18.3. The number of amides is 3. The maximum atomic E-state index is 12.2. The average molecular weight is 363 g/mol. The van der Waals surface area contributed by atoms with Gasteiger partial charge in [-0.1, -0.05) is 37.3 Å². The maximum Gasteiger partial charge on any atom is 0.316 e. The molecule has 3 aromatic rings. The number of urea groups is 1. The monoisotopic (exact) mass is 363 g/mol. The van der Waals surface area contributed by atoms with E-state index in [4.69, 9.17) is 10.2 Å². The van der Waals surface area contributed by atoms with Crippen LogP contribution in [0.25, 0.3) is 17.0 Å². The summed E-state index contributed by atoms with van der Waals surface area (Å²) in [5.41, 5.74) is 8.34. The average Bonchev–Trinajstić information content (AvgIpc) is 3.03. The van der Waals surface area contributed by atoms with Crippen LogP contribution < -0.4 is 16.4 Å². The summed E-state index contributed by atoms with van der Waals surface area (Å²) in [6.07, 6.45) is 4.06. The number of hydrogen-bond donors (Lipinski definition) is 3. The summed E-state index contributed by atoms with van der Waals surface area (Å²) in [5.74, 6) is 0.666. The van der Waals surface area contributed by atoms with Crippen molar-refractivity contribution >= 4 is 34.7 Å². The standard InChI is InChI=1S/C21H21N3O3/c1-2-18-17(16-5-3-4-6-19(16)27-18)11-12-20(25)23-13-14-7-9-15(10-8-14)24-21(22)26/h3-12H,2,13H2,1H3,(H,23,25)(H3,22,24,26)/b12-11+. The summed E-state index contributed by atoms with van der Waals surface area (Å²) < 4.78 is 5.83. The van der Waals surface area contributed by atoms with Gasteiger partial charge in [0.25, 0.3) is 0 Å². The second kappa shape index (κ2) is 8.23. The van der Waals surface area contributed by atoms with E-state index in [1.165, 1.54) is 6.08 Å². The quantitative estimate of drug-likeness (QED) is 0.581. The molecule has 0 atom stereocenters. The van der Waals surface area contributed by atoms with Crippen molar-refractivity contribution in [3.63, 3.8) is 0 Å². The van der Waals surface area contributed by atoms with E-state index in [0.29, 0.717) is 12.2 Å². The Morgan fingerprint density at radius 3 is 2.56 bits per heavy atom. The number of para-hydroxylation sites is 1. The molecule has 6 heteroatoms. The van der Waals surface area contributed by atoms with E-state index in [1.807, 2.05) is 43.3 Å². The molecule has 0 saturated carbocycles. The van der Waals surface area contributed by atoms with Crippen LogP contribution >= 0.6 is 0 Å². The highest BCUT2D eigenvalue weighted by atomic mass is 16.3. The molecule has 4 N–H and O–H groups in total. The van der Waals surface area contributed by atoms with Gasteiger partial charge in [-0.05, 0) is 29.8 Å². The van der Waals surface area contributed by atoms with E-state index in [0.717, 1.165) is 34.3 Å². The summed E-state index contributed by atoms with van der Waals surface area (Å²) >= 11 is 0. The summed E-state index contributed by atoms with van der Waals surface area (Å²) in [6, 6.07) is 14.3. The van der Waals surface area contributed by atoms with Crippen LogP contribution in [0.4, 0.5) is 10.5 Å². The van der Waals surface area contributed by atoms with Gasteiger partial charge >= 0.3 is 6.03 Å². The molecule has 0 unspecified atom stereocenters. The fourth-order valence-electron chi connectivity index (χ4n) is 2.82. The molecular weight excluding hydrogens is 342 g/mol. The predicted molar refractivity (Wildman–Crippen MR) is 106 cm³/mol. The summed E-state index contributed by atoms with van der Waals surface area (Å²) in [5, 5.41) is 6.32. The molecule has 0 fully saturated rings. The Morgan fingerprint density at radius 2 is 1.85 bits per heavy atom. The fraction of sp³-hybridized carbons (Fsp3) is 0.143. The second-order valence-corrected chi connectivity index (χ2v) is 6.03. The molecule has 2 aromatic carbocycles. The Bertz CT molecular complexity index is 988. The van der Waals surface area contributed by atoms with Gasteiger partial charge in [-0.2, -0.15) is 0 Å². The van der Waals surface area contributed by atoms with Gasteiger partial charge in [0, 0.05) is 35.7 Å². The number of rotatable bonds is 6. The summed E-state index contributed by atoms with van der Waals surface area (Å²) in [4.78, 5) is 23.0. The third-order valence-corrected chi connectivity index (χ3v) is 4.12. The van der Waals surface area contributed by atoms with Crippen molar-refractivity contribution < 1.29 is 14.0 Å². The molecule has 0 spiro atoms. The number of benzene rings is 2. The number of fused-ring (bicyclic) bond motifs is 1. The first-order chi connectivity index (χ1) is 13.1. The van der Waals surface area contributed by atoms with Gasteiger partial charge in [-0.15, -0.1) is 0 Å². The first-order valence-electron chi connectivity index (χ1n) is 8.68. The van der Waals surface area contributed by atoms with E-state index in [-0.39, 0.29) is 5.91 Å². The van der Waals surface area contributed by atoms with Crippen LogP contribution in [0.2, 0.25) is 0 Å². The van der Waals surface area contributed by atoms with Crippen molar-refractivity contribution in [1.29, 1.82) is 0 Å². The normalized spacial score (nSPS) is 11.0. The maximum absolute atomic E-state index is 12.2. The molecule has 6 nitrogen and oxygen atoms in total. The molecule has 3 rings (SSSR count). The summed E-state index contributed by atoms with van der Waals surface area (Å²) in [7, 11) is 0. The highest BCUT2D eigenvalue weighted by Gasteiger charge is 2.10. The van der Waals surface area contributed by atoms with E-state index in [9.17, 15) is 9.59 Å². The first-order valence-corrected chi connectivity index (χ1v) is 8.68. The molecule has 0 saturated heterocycles. The highest BCUT2D eigenvalue weighted by molar-refractivity contribution is 5.96. The Morgan fingerprint density at radius 1 is 1.11 bits per heavy atom. The van der Waals surface area contributed by atoms with Crippen molar-refractivity contribution in [3.8, 4) is 0 Å². The predicted octanol–water partition coefficient (Wildman–Crippen LogP) is 3.82. The molecule has 0 radical (unpaired) electrons. The number of anilines is 1. The Kier molecular flexibility index (Phi) is 5.56. The number of carbonyl (C=O) groups is 2. The van der Waals surface area contributed by atoms with Crippen LogP contribution in [-0.4, -0.2) is 11.9 Å². The molecule has 138 valence electrons. The fourth-order valence-corrected chi connectivity index (χ4v) is 2.82. The Hall–Kier alpha value is -3.54. The molecule has 1 heterocycles. The smallest absolute Gasteiger partial charge is 0.316 e. The zero-order valence-corrected chi connectivity index (χ0v) is 15.0. The molecule has 0 bridgehead atoms.